The Hall–Kier alpha value is -2.84. The molecule has 18 heavy (non-hydrogen) atoms. The van der Waals surface area contributed by atoms with Crippen molar-refractivity contribution in [1.82, 2.24) is 15.0 Å². The zero-order valence-electron chi connectivity index (χ0n) is 8.65. The van der Waals surface area contributed by atoms with Gasteiger partial charge in [0.25, 0.3) is 5.69 Å². The van der Waals surface area contributed by atoms with Crippen molar-refractivity contribution in [3.05, 3.63) is 46.0 Å². The van der Waals surface area contributed by atoms with Crippen molar-refractivity contribution in [2.75, 3.05) is 0 Å². The molecule has 0 aliphatic heterocycles. The van der Waals surface area contributed by atoms with Crippen molar-refractivity contribution < 1.29 is 19.2 Å². The van der Waals surface area contributed by atoms with Crippen LogP contribution in [0.15, 0.2) is 24.4 Å². The van der Waals surface area contributed by atoms with Crippen molar-refractivity contribution in [2.45, 2.75) is 0 Å². The van der Waals surface area contributed by atoms with Gasteiger partial charge in [0.05, 0.1) is 11.1 Å². The molecular formula is C9H5FN4O4. The van der Waals surface area contributed by atoms with E-state index in [1.54, 1.807) is 0 Å². The van der Waals surface area contributed by atoms with Crippen LogP contribution in [0.2, 0.25) is 0 Å². The molecule has 0 fully saturated rings. The highest BCUT2D eigenvalue weighted by Crippen LogP contribution is 2.24. The molecule has 1 aromatic heterocycles. The summed E-state index contributed by atoms with van der Waals surface area (Å²) in [4.78, 5) is 20.6. The Morgan fingerprint density at radius 1 is 1.50 bits per heavy atom. The summed E-state index contributed by atoms with van der Waals surface area (Å²) in [6.45, 7) is 0. The van der Waals surface area contributed by atoms with Gasteiger partial charge in [0.15, 0.2) is 17.2 Å². The lowest BCUT2D eigenvalue weighted by Crippen LogP contribution is -2.03. The molecule has 0 saturated heterocycles. The van der Waals surface area contributed by atoms with Gasteiger partial charge in [0, 0.05) is 6.07 Å². The van der Waals surface area contributed by atoms with E-state index >= 15 is 0 Å². The van der Waals surface area contributed by atoms with Gasteiger partial charge in [-0.2, -0.15) is 0 Å². The first-order valence-corrected chi connectivity index (χ1v) is 4.59. The Morgan fingerprint density at radius 3 is 2.78 bits per heavy atom. The molecule has 0 amide bonds. The number of carboxylic acids is 1. The third-order valence-electron chi connectivity index (χ3n) is 2.10. The molecule has 1 heterocycles. The van der Waals surface area contributed by atoms with Gasteiger partial charge in [-0.15, -0.1) is 5.10 Å². The summed E-state index contributed by atoms with van der Waals surface area (Å²) >= 11 is 0. The van der Waals surface area contributed by atoms with Crippen LogP contribution in [0.25, 0.3) is 5.69 Å². The molecular weight excluding hydrogens is 247 g/mol. The molecule has 8 nitrogen and oxygen atoms in total. The summed E-state index contributed by atoms with van der Waals surface area (Å²) in [6, 6.07) is 3.26. The van der Waals surface area contributed by atoms with Crippen molar-refractivity contribution in [2.24, 2.45) is 0 Å². The van der Waals surface area contributed by atoms with Crippen LogP contribution in [0, 0.1) is 15.9 Å². The minimum atomic E-state index is -1.36. The number of aromatic nitrogens is 3. The predicted octanol–water partition coefficient (Wildman–Crippen LogP) is 1.01. The Bertz CT molecular complexity index is 639. The number of hydrogen-bond acceptors (Lipinski definition) is 5. The average molecular weight is 252 g/mol. The number of halogens is 1. The van der Waals surface area contributed by atoms with E-state index in [1.165, 1.54) is 6.07 Å². The number of benzene rings is 1. The molecule has 1 aromatic carbocycles. The molecule has 0 atom stereocenters. The number of nitrogens with zero attached hydrogens (tertiary/aromatic N) is 4. The van der Waals surface area contributed by atoms with Crippen molar-refractivity contribution in [3.8, 4) is 5.69 Å². The van der Waals surface area contributed by atoms with Gasteiger partial charge in [-0.05, 0) is 6.07 Å². The van der Waals surface area contributed by atoms with Crippen LogP contribution in [0.4, 0.5) is 10.1 Å². The minimum Gasteiger partial charge on any atom is -0.476 e. The highest BCUT2D eigenvalue weighted by atomic mass is 19.1. The van der Waals surface area contributed by atoms with Crippen LogP contribution < -0.4 is 0 Å². The Labute approximate surface area is 98.4 Å². The van der Waals surface area contributed by atoms with E-state index < -0.39 is 33.8 Å². The van der Waals surface area contributed by atoms with Crippen LogP contribution in [-0.2, 0) is 0 Å². The van der Waals surface area contributed by atoms with E-state index in [4.69, 9.17) is 5.11 Å². The lowest BCUT2D eigenvalue weighted by molar-refractivity contribution is -0.384. The van der Waals surface area contributed by atoms with E-state index in [9.17, 15) is 19.3 Å². The maximum absolute atomic E-state index is 13.6. The molecule has 1 N–H and O–H groups in total. The minimum absolute atomic E-state index is 0.437. The predicted molar refractivity (Wildman–Crippen MR) is 54.9 cm³/mol. The molecule has 2 rings (SSSR count). The monoisotopic (exact) mass is 252 g/mol. The fourth-order valence-corrected chi connectivity index (χ4v) is 1.35. The number of para-hydroxylation sites is 1. The van der Waals surface area contributed by atoms with Crippen LogP contribution >= 0.6 is 0 Å². The molecule has 0 spiro atoms. The highest BCUT2D eigenvalue weighted by Gasteiger charge is 2.21. The van der Waals surface area contributed by atoms with Gasteiger partial charge in [0.2, 0.25) is 0 Å². The SMILES string of the molecule is O=C(O)c1cn(-c2c(F)cccc2[N+](=O)[O-])nn1. The molecule has 0 radical (unpaired) electrons. The lowest BCUT2D eigenvalue weighted by atomic mass is 10.2. The van der Waals surface area contributed by atoms with Gasteiger partial charge in [-0.3, -0.25) is 10.1 Å². The number of nitro groups is 1. The number of carboxylic acid groups (broad SMARTS) is 1. The maximum Gasteiger partial charge on any atom is 0.358 e. The topological polar surface area (TPSA) is 111 Å². The number of nitro benzene ring substituents is 1. The second-order valence-corrected chi connectivity index (χ2v) is 3.22. The van der Waals surface area contributed by atoms with E-state index in [2.05, 4.69) is 10.3 Å². The standard InChI is InChI=1S/C9H5FN4O4/c10-5-2-1-3-7(14(17)18)8(5)13-4-6(9(15)16)11-12-13/h1-4H,(H,15,16). The summed E-state index contributed by atoms with van der Waals surface area (Å²) in [5.74, 6) is -2.26. The maximum atomic E-state index is 13.6. The molecule has 0 aliphatic carbocycles. The number of carbonyl (C=O) groups is 1. The molecule has 0 aliphatic rings. The summed E-state index contributed by atoms with van der Waals surface area (Å²) in [6.07, 6.45) is 0.897. The summed E-state index contributed by atoms with van der Waals surface area (Å²) < 4.78 is 14.3. The van der Waals surface area contributed by atoms with E-state index in [0.717, 1.165) is 23.0 Å². The molecule has 9 heteroatoms. The molecule has 0 bridgehead atoms. The summed E-state index contributed by atoms with van der Waals surface area (Å²) in [7, 11) is 0. The van der Waals surface area contributed by atoms with Gasteiger partial charge in [-0.1, -0.05) is 11.3 Å². The van der Waals surface area contributed by atoms with Crippen LogP contribution in [0.3, 0.4) is 0 Å². The van der Waals surface area contributed by atoms with E-state index in [0.29, 0.717) is 0 Å². The van der Waals surface area contributed by atoms with Gasteiger partial charge >= 0.3 is 5.97 Å². The first-order valence-electron chi connectivity index (χ1n) is 4.59. The smallest absolute Gasteiger partial charge is 0.358 e. The molecule has 92 valence electrons. The third-order valence-corrected chi connectivity index (χ3v) is 2.10. The van der Waals surface area contributed by atoms with E-state index in [-0.39, 0.29) is 0 Å². The zero-order chi connectivity index (χ0) is 13.3. The normalized spacial score (nSPS) is 10.3. The second-order valence-electron chi connectivity index (χ2n) is 3.22. The Morgan fingerprint density at radius 2 is 2.22 bits per heavy atom. The average Bonchev–Trinajstić information content (AvgIpc) is 2.77. The lowest BCUT2D eigenvalue weighted by Gasteiger charge is -2.02. The molecule has 0 saturated carbocycles. The van der Waals surface area contributed by atoms with E-state index in [1.807, 2.05) is 0 Å². The molecule has 2 aromatic rings. The fraction of sp³-hybridized carbons (Fsp3) is 0. The third kappa shape index (κ3) is 1.88. The van der Waals surface area contributed by atoms with Crippen LogP contribution in [0.1, 0.15) is 10.5 Å². The van der Waals surface area contributed by atoms with Gasteiger partial charge in [0.1, 0.15) is 0 Å². The Kier molecular flexibility index (Phi) is 2.72. The highest BCUT2D eigenvalue weighted by molar-refractivity contribution is 5.84. The molecule has 0 unspecified atom stereocenters. The van der Waals surface area contributed by atoms with Crippen LogP contribution in [0.5, 0.6) is 0 Å². The quantitative estimate of drug-likeness (QED) is 0.644. The summed E-state index contributed by atoms with van der Waals surface area (Å²) in [5.41, 5.74) is -1.42. The number of hydrogen-bond donors (Lipinski definition) is 1. The first-order chi connectivity index (χ1) is 8.50. The van der Waals surface area contributed by atoms with Crippen LogP contribution in [-0.4, -0.2) is 31.0 Å². The number of aromatic carboxylic acids is 1. The van der Waals surface area contributed by atoms with Gasteiger partial charge in [-0.25, -0.2) is 13.9 Å². The Balaban J connectivity index is 2.62. The van der Waals surface area contributed by atoms with Crippen molar-refractivity contribution in [1.29, 1.82) is 0 Å². The zero-order valence-corrected chi connectivity index (χ0v) is 8.65. The van der Waals surface area contributed by atoms with Crippen molar-refractivity contribution in [3.63, 3.8) is 0 Å². The fourth-order valence-electron chi connectivity index (χ4n) is 1.35. The van der Waals surface area contributed by atoms with Gasteiger partial charge < -0.3 is 5.11 Å². The largest absolute Gasteiger partial charge is 0.476 e. The second kappa shape index (κ2) is 4.20. The summed E-state index contributed by atoms with van der Waals surface area (Å²) in [5, 5.41) is 26.0. The first kappa shape index (κ1) is 11.6. The van der Waals surface area contributed by atoms with Crippen molar-refractivity contribution >= 4 is 11.7 Å². The number of rotatable bonds is 3.